The van der Waals surface area contributed by atoms with Gasteiger partial charge in [0.2, 0.25) is 0 Å². The number of benzene rings is 2. The van der Waals surface area contributed by atoms with E-state index in [0.29, 0.717) is 35.4 Å². The summed E-state index contributed by atoms with van der Waals surface area (Å²) >= 11 is 0. The van der Waals surface area contributed by atoms with Crippen LogP contribution in [0, 0.1) is 12.7 Å². The van der Waals surface area contributed by atoms with Crippen LogP contribution >= 0.6 is 0 Å². The van der Waals surface area contributed by atoms with Crippen molar-refractivity contribution in [2.45, 2.75) is 6.92 Å². The molecule has 1 amide bonds. The lowest BCUT2D eigenvalue weighted by Gasteiger charge is -2.08. The third-order valence-electron chi connectivity index (χ3n) is 3.82. The van der Waals surface area contributed by atoms with Crippen molar-refractivity contribution < 1.29 is 23.1 Å². The summed E-state index contributed by atoms with van der Waals surface area (Å²) in [6.07, 6.45) is 0. The van der Waals surface area contributed by atoms with Gasteiger partial charge in [0.25, 0.3) is 5.91 Å². The Kier molecular flexibility index (Phi) is 4.88. The Balaban J connectivity index is 1.56. The summed E-state index contributed by atoms with van der Waals surface area (Å²) in [5.41, 5.74) is 1.10. The highest BCUT2D eigenvalue weighted by atomic mass is 19.1. The lowest BCUT2D eigenvalue weighted by Crippen LogP contribution is -2.28. The summed E-state index contributed by atoms with van der Waals surface area (Å²) < 4.78 is 29.5. The van der Waals surface area contributed by atoms with Crippen LogP contribution in [-0.2, 0) is 0 Å². The monoisotopic (exact) mass is 343 g/mol. The molecule has 0 aliphatic carbocycles. The van der Waals surface area contributed by atoms with Crippen molar-refractivity contribution in [1.29, 1.82) is 0 Å². The van der Waals surface area contributed by atoms with Gasteiger partial charge in [-0.15, -0.1) is 0 Å². The zero-order valence-electron chi connectivity index (χ0n) is 14.0. The molecule has 6 heteroatoms. The van der Waals surface area contributed by atoms with Crippen LogP contribution in [0.5, 0.6) is 11.5 Å². The molecule has 0 fully saturated rings. The average Bonchev–Trinajstić information content (AvgIpc) is 2.95. The molecular formula is C19H18FNO4. The maximum atomic E-state index is 13.3. The Morgan fingerprint density at radius 3 is 2.60 bits per heavy atom. The number of fused-ring (bicyclic) bond motifs is 1. The standard InChI is InChI=1S/C19H18FNO4/c1-12-16-11-13(20)3-8-17(16)25-18(12)19(22)21-9-10-24-15-6-4-14(23-2)5-7-15/h3-8,11H,9-10H2,1-2H3,(H,21,22). The van der Waals surface area contributed by atoms with E-state index in [4.69, 9.17) is 13.9 Å². The van der Waals surface area contributed by atoms with Crippen LogP contribution < -0.4 is 14.8 Å². The SMILES string of the molecule is COc1ccc(OCCNC(=O)c2oc3ccc(F)cc3c2C)cc1. The zero-order valence-corrected chi connectivity index (χ0v) is 14.0. The highest BCUT2D eigenvalue weighted by Gasteiger charge is 2.17. The molecule has 0 radical (unpaired) electrons. The summed E-state index contributed by atoms with van der Waals surface area (Å²) in [5.74, 6) is 0.900. The van der Waals surface area contributed by atoms with Crippen LogP contribution in [0.4, 0.5) is 4.39 Å². The maximum absolute atomic E-state index is 13.3. The van der Waals surface area contributed by atoms with Gasteiger partial charge < -0.3 is 19.2 Å². The number of carbonyl (C=O) groups is 1. The highest BCUT2D eigenvalue weighted by Crippen LogP contribution is 2.25. The molecule has 130 valence electrons. The first-order chi connectivity index (χ1) is 12.1. The first-order valence-corrected chi connectivity index (χ1v) is 7.82. The normalized spacial score (nSPS) is 10.7. The number of nitrogens with one attached hydrogen (secondary N) is 1. The second-order valence-corrected chi connectivity index (χ2v) is 5.48. The van der Waals surface area contributed by atoms with Gasteiger partial charge in [-0.2, -0.15) is 0 Å². The van der Waals surface area contributed by atoms with Gasteiger partial charge in [0.1, 0.15) is 29.5 Å². The largest absolute Gasteiger partial charge is 0.497 e. The molecule has 1 aromatic heterocycles. The van der Waals surface area contributed by atoms with Gasteiger partial charge in [0.15, 0.2) is 5.76 Å². The average molecular weight is 343 g/mol. The van der Waals surface area contributed by atoms with Crippen molar-refractivity contribution in [1.82, 2.24) is 5.32 Å². The van der Waals surface area contributed by atoms with Gasteiger partial charge in [-0.3, -0.25) is 4.79 Å². The smallest absolute Gasteiger partial charge is 0.287 e. The Morgan fingerprint density at radius 2 is 1.88 bits per heavy atom. The highest BCUT2D eigenvalue weighted by molar-refractivity contribution is 5.98. The number of carbonyl (C=O) groups excluding carboxylic acids is 1. The number of hydrogen-bond donors (Lipinski definition) is 1. The number of aryl methyl sites for hydroxylation is 1. The Labute approximate surface area is 144 Å². The van der Waals surface area contributed by atoms with E-state index < -0.39 is 0 Å². The van der Waals surface area contributed by atoms with Gasteiger partial charge in [-0.1, -0.05) is 0 Å². The van der Waals surface area contributed by atoms with Crippen LogP contribution in [0.1, 0.15) is 16.1 Å². The van der Waals surface area contributed by atoms with Crippen LogP contribution in [0.3, 0.4) is 0 Å². The van der Waals surface area contributed by atoms with E-state index in [1.165, 1.54) is 18.2 Å². The van der Waals surface area contributed by atoms with Gasteiger partial charge in [-0.25, -0.2) is 4.39 Å². The zero-order chi connectivity index (χ0) is 17.8. The minimum atomic E-state index is -0.365. The number of ether oxygens (including phenoxy) is 2. The van der Waals surface area contributed by atoms with Gasteiger partial charge in [-0.05, 0) is 49.4 Å². The number of rotatable bonds is 6. The molecule has 0 unspecified atom stereocenters. The van der Waals surface area contributed by atoms with Crippen LogP contribution in [-0.4, -0.2) is 26.2 Å². The van der Waals surface area contributed by atoms with E-state index in [-0.39, 0.29) is 17.5 Å². The minimum Gasteiger partial charge on any atom is -0.497 e. The number of methoxy groups -OCH3 is 1. The molecule has 0 aliphatic rings. The van der Waals surface area contributed by atoms with E-state index >= 15 is 0 Å². The van der Waals surface area contributed by atoms with Crippen LogP contribution in [0.25, 0.3) is 11.0 Å². The predicted molar refractivity (Wildman–Crippen MR) is 91.7 cm³/mol. The molecule has 0 aliphatic heterocycles. The maximum Gasteiger partial charge on any atom is 0.287 e. The number of halogens is 1. The molecule has 2 aromatic carbocycles. The number of hydrogen-bond acceptors (Lipinski definition) is 4. The minimum absolute atomic E-state index is 0.185. The Morgan fingerprint density at radius 1 is 1.16 bits per heavy atom. The first-order valence-electron chi connectivity index (χ1n) is 7.82. The van der Waals surface area contributed by atoms with E-state index in [2.05, 4.69) is 5.32 Å². The predicted octanol–water partition coefficient (Wildman–Crippen LogP) is 3.70. The van der Waals surface area contributed by atoms with Crippen LogP contribution in [0.15, 0.2) is 46.9 Å². The fraction of sp³-hybridized carbons (Fsp3) is 0.211. The molecule has 0 saturated carbocycles. The van der Waals surface area contributed by atoms with Crippen molar-refractivity contribution >= 4 is 16.9 Å². The molecule has 5 nitrogen and oxygen atoms in total. The second-order valence-electron chi connectivity index (χ2n) is 5.48. The third-order valence-corrected chi connectivity index (χ3v) is 3.82. The van der Waals surface area contributed by atoms with Crippen molar-refractivity contribution in [2.75, 3.05) is 20.3 Å². The van der Waals surface area contributed by atoms with E-state index in [1.54, 1.807) is 38.3 Å². The van der Waals surface area contributed by atoms with Crippen molar-refractivity contribution in [2.24, 2.45) is 0 Å². The quantitative estimate of drug-likeness (QED) is 0.693. The molecule has 0 atom stereocenters. The summed E-state index contributed by atoms with van der Waals surface area (Å²) in [7, 11) is 1.60. The van der Waals surface area contributed by atoms with E-state index in [0.717, 1.165) is 5.75 Å². The Bertz CT molecular complexity index is 886. The molecule has 0 bridgehead atoms. The first kappa shape index (κ1) is 16.8. The van der Waals surface area contributed by atoms with Crippen molar-refractivity contribution in [3.8, 4) is 11.5 Å². The number of amides is 1. The van der Waals surface area contributed by atoms with Crippen LogP contribution in [0.2, 0.25) is 0 Å². The topological polar surface area (TPSA) is 60.7 Å². The molecule has 1 heterocycles. The van der Waals surface area contributed by atoms with Crippen molar-refractivity contribution in [3.63, 3.8) is 0 Å². The second kappa shape index (κ2) is 7.25. The lowest BCUT2D eigenvalue weighted by atomic mass is 10.1. The fourth-order valence-electron chi connectivity index (χ4n) is 2.50. The fourth-order valence-corrected chi connectivity index (χ4v) is 2.50. The summed E-state index contributed by atoms with van der Waals surface area (Å²) in [6.45, 7) is 2.36. The number of furan rings is 1. The summed E-state index contributed by atoms with van der Waals surface area (Å²) in [6, 6.07) is 11.3. The molecular weight excluding hydrogens is 325 g/mol. The van der Waals surface area contributed by atoms with Gasteiger partial charge >= 0.3 is 0 Å². The van der Waals surface area contributed by atoms with Gasteiger partial charge in [0.05, 0.1) is 13.7 Å². The molecule has 1 N–H and O–H groups in total. The lowest BCUT2D eigenvalue weighted by molar-refractivity contribution is 0.0920. The third kappa shape index (κ3) is 3.74. The molecule has 3 rings (SSSR count). The summed E-state index contributed by atoms with van der Waals surface area (Å²) in [4.78, 5) is 12.2. The van der Waals surface area contributed by atoms with E-state index in [9.17, 15) is 9.18 Å². The molecule has 25 heavy (non-hydrogen) atoms. The van der Waals surface area contributed by atoms with E-state index in [1.807, 2.05) is 0 Å². The molecule has 0 saturated heterocycles. The van der Waals surface area contributed by atoms with Gasteiger partial charge in [0, 0.05) is 10.9 Å². The van der Waals surface area contributed by atoms with Crippen molar-refractivity contribution in [3.05, 3.63) is 59.6 Å². The molecule has 3 aromatic rings. The molecule has 0 spiro atoms. The summed E-state index contributed by atoms with van der Waals surface area (Å²) in [5, 5.41) is 3.33. The Hall–Kier alpha value is -3.02.